The van der Waals surface area contributed by atoms with E-state index in [9.17, 15) is 9.50 Å². The molecule has 2 nitrogen and oxygen atoms in total. The molecule has 1 heterocycles. The molecule has 0 saturated heterocycles. The van der Waals surface area contributed by atoms with Crippen molar-refractivity contribution in [2.75, 3.05) is 6.61 Å². The van der Waals surface area contributed by atoms with E-state index >= 15 is 0 Å². The van der Waals surface area contributed by atoms with Crippen LogP contribution in [0.2, 0.25) is 0 Å². The molecule has 1 aliphatic rings. The predicted molar refractivity (Wildman–Crippen MR) is 49.2 cm³/mol. The molecule has 4 heteroatoms. The van der Waals surface area contributed by atoms with Crippen molar-refractivity contribution >= 4 is 15.9 Å². The second kappa shape index (κ2) is 3.27. The van der Waals surface area contributed by atoms with Gasteiger partial charge in [0.2, 0.25) is 0 Å². The molecule has 0 aliphatic carbocycles. The van der Waals surface area contributed by atoms with Gasteiger partial charge in [-0.05, 0) is 28.1 Å². The van der Waals surface area contributed by atoms with Crippen LogP contribution in [-0.4, -0.2) is 11.7 Å². The number of ether oxygens (including phenoxy) is 1. The van der Waals surface area contributed by atoms with Gasteiger partial charge in [0, 0.05) is 6.42 Å². The van der Waals surface area contributed by atoms with Crippen LogP contribution in [-0.2, 0) is 0 Å². The minimum atomic E-state index is -0.749. The van der Waals surface area contributed by atoms with Gasteiger partial charge in [-0.25, -0.2) is 4.39 Å². The summed E-state index contributed by atoms with van der Waals surface area (Å²) in [7, 11) is 0. The van der Waals surface area contributed by atoms with Crippen molar-refractivity contribution in [1.82, 2.24) is 0 Å². The third-order valence-corrected chi connectivity index (χ3v) is 2.69. The number of halogens is 2. The smallest absolute Gasteiger partial charge is 0.142 e. The Labute approximate surface area is 83.5 Å². The molecule has 0 radical (unpaired) electrons. The van der Waals surface area contributed by atoms with Crippen LogP contribution in [0.25, 0.3) is 0 Å². The Balaban J connectivity index is 2.60. The highest BCUT2D eigenvalue weighted by Gasteiger charge is 2.24. The average Bonchev–Trinajstić information content (AvgIpc) is 2.12. The fourth-order valence-corrected chi connectivity index (χ4v) is 1.88. The van der Waals surface area contributed by atoms with Gasteiger partial charge in [-0.15, -0.1) is 0 Å². The molecule has 1 unspecified atom stereocenters. The Hall–Kier alpha value is -0.610. The van der Waals surface area contributed by atoms with E-state index < -0.39 is 11.9 Å². The van der Waals surface area contributed by atoms with E-state index in [4.69, 9.17) is 4.74 Å². The summed E-state index contributed by atoms with van der Waals surface area (Å²) in [6, 6.07) is 2.90. The van der Waals surface area contributed by atoms with Gasteiger partial charge in [-0.2, -0.15) is 0 Å². The van der Waals surface area contributed by atoms with Crippen molar-refractivity contribution in [3.05, 3.63) is 28.0 Å². The van der Waals surface area contributed by atoms with Gasteiger partial charge in [0.15, 0.2) is 0 Å². The lowest BCUT2D eigenvalue weighted by molar-refractivity contribution is 0.110. The standard InChI is InChI=1S/C9H8BrFO2/c10-5-1-2-6(11)8-7(12)3-4-13-9(5)8/h1-2,7,12H,3-4H2. The van der Waals surface area contributed by atoms with E-state index in [1.165, 1.54) is 6.07 Å². The van der Waals surface area contributed by atoms with Gasteiger partial charge in [-0.1, -0.05) is 0 Å². The second-order valence-electron chi connectivity index (χ2n) is 2.92. The lowest BCUT2D eigenvalue weighted by Crippen LogP contribution is -2.15. The Bertz CT molecular complexity index is 341. The second-order valence-corrected chi connectivity index (χ2v) is 3.78. The zero-order valence-electron chi connectivity index (χ0n) is 6.76. The van der Waals surface area contributed by atoms with Gasteiger partial charge in [0.25, 0.3) is 0 Å². The zero-order chi connectivity index (χ0) is 9.42. The molecule has 70 valence electrons. The Morgan fingerprint density at radius 1 is 1.54 bits per heavy atom. The van der Waals surface area contributed by atoms with E-state index in [2.05, 4.69) is 15.9 Å². The molecule has 0 bridgehead atoms. The average molecular weight is 247 g/mol. The molecule has 1 aromatic rings. The van der Waals surface area contributed by atoms with Crippen molar-refractivity contribution in [1.29, 1.82) is 0 Å². The zero-order valence-corrected chi connectivity index (χ0v) is 8.34. The highest BCUT2D eigenvalue weighted by molar-refractivity contribution is 9.10. The predicted octanol–water partition coefficient (Wildman–Crippen LogP) is 2.40. The molecule has 0 amide bonds. The summed E-state index contributed by atoms with van der Waals surface area (Å²) < 4.78 is 19.2. The monoisotopic (exact) mass is 246 g/mol. The first-order valence-corrected chi connectivity index (χ1v) is 4.78. The van der Waals surface area contributed by atoms with Crippen LogP contribution in [0.1, 0.15) is 18.1 Å². The number of aliphatic hydroxyl groups is 1. The quantitative estimate of drug-likeness (QED) is 0.762. The number of hydrogen-bond acceptors (Lipinski definition) is 2. The summed E-state index contributed by atoms with van der Waals surface area (Å²) in [6.07, 6.45) is -0.304. The van der Waals surface area contributed by atoms with Crippen molar-refractivity contribution in [3.63, 3.8) is 0 Å². The van der Waals surface area contributed by atoms with E-state index in [1.54, 1.807) is 6.07 Å². The highest BCUT2D eigenvalue weighted by Crippen LogP contribution is 2.39. The number of benzene rings is 1. The van der Waals surface area contributed by atoms with Crippen molar-refractivity contribution < 1.29 is 14.2 Å². The molecule has 1 aliphatic heterocycles. The molecule has 0 saturated carbocycles. The van der Waals surface area contributed by atoms with Crippen molar-refractivity contribution in [3.8, 4) is 5.75 Å². The number of fused-ring (bicyclic) bond motifs is 1. The van der Waals surface area contributed by atoms with Gasteiger partial charge in [-0.3, -0.25) is 0 Å². The first-order valence-electron chi connectivity index (χ1n) is 3.99. The Morgan fingerprint density at radius 3 is 3.00 bits per heavy atom. The van der Waals surface area contributed by atoms with Gasteiger partial charge >= 0.3 is 0 Å². The minimum Gasteiger partial charge on any atom is -0.492 e. The van der Waals surface area contributed by atoms with Crippen molar-refractivity contribution in [2.24, 2.45) is 0 Å². The van der Waals surface area contributed by atoms with E-state index in [0.717, 1.165) is 0 Å². The first kappa shape index (κ1) is 8.97. The molecule has 0 aromatic heterocycles. The fraction of sp³-hybridized carbons (Fsp3) is 0.333. The van der Waals surface area contributed by atoms with Gasteiger partial charge in [0.05, 0.1) is 22.7 Å². The maximum Gasteiger partial charge on any atom is 0.142 e. The largest absolute Gasteiger partial charge is 0.492 e. The molecule has 1 N–H and O–H groups in total. The molecule has 1 atom stereocenters. The Morgan fingerprint density at radius 2 is 2.31 bits per heavy atom. The third kappa shape index (κ3) is 1.44. The van der Waals surface area contributed by atoms with E-state index in [-0.39, 0.29) is 5.56 Å². The first-order chi connectivity index (χ1) is 6.20. The number of hydrogen-bond donors (Lipinski definition) is 1. The van der Waals surface area contributed by atoms with Crippen LogP contribution in [0.15, 0.2) is 16.6 Å². The van der Waals surface area contributed by atoms with Crippen LogP contribution in [0.3, 0.4) is 0 Å². The van der Waals surface area contributed by atoms with Gasteiger partial charge in [0.1, 0.15) is 11.6 Å². The molecule has 2 rings (SSSR count). The molecule has 1 aromatic carbocycles. The van der Waals surface area contributed by atoms with E-state index in [0.29, 0.717) is 23.2 Å². The third-order valence-electron chi connectivity index (χ3n) is 2.07. The van der Waals surface area contributed by atoms with Crippen LogP contribution < -0.4 is 4.74 Å². The highest BCUT2D eigenvalue weighted by atomic mass is 79.9. The van der Waals surface area contributed by atoms with Gasteiger partial charge < -0.3 is 9.84 Å². The molecule has 0 fully saturated rings. The van der Waals surface area contributed by atoms with Crippen LogP contribution in [0.4, 0.5) is 4.39 Å². The number of rotatable bonds is 0. The summed E-state index contributed by atoms with van der Waals surface area (Å²) in [6.45, 7) is 0.427. The van der Waals surface area contributed by atoms with Crippen LogP contribution in [0.5, 0.6) is 5.75 Å². The fourth-order valence-electron chi connectivity index (χ4n) is 1.42. The number of aliphatic hydroxyl groups excluding tert-OH is 1. The lowest BCUT2D eigenvalue weighted by Gasteiger charge is -2.23. The molecule has 13 heavy (non-hydrogen) atoms. The topological polar surface area (TPSA) is 29.5 Å². The molecule has 0 spiro atoms. The molecular formula is C9H8BrFO2. The maximum atomic E-state index is 13.2. The Kier molecular flexibility index (Phi) is 2.26. The van der Waals surface area contributed by atoms with Crippen LogP contribution >= 0.6 is 15.9 Å². The minimum absolute atomic E-state index is 0.264. The lowest BCUT2D eigenvalue weighted by atomic mass is 10.0. The van der Waals surface area contributed by atoms with E-state index in [1.807, 2.05) is 0 Å². The summed E-state index contributed by atoms with van der Waals surface area (Å²) in [5.41, 5.74) is 0.264. The maximum absolute atomic E-state index is 13.2. The SMILES string of the molecule is OC1CCOc2c(Br)ccc(F)c21. The molecular weight excluding hydrogens is 239 g/mol. The van der Waals surface area contributed by atoms with Crippen LogP contribution in [0, 0.1) is 5.82 Å². The summed E-state index contributed by atoms with van der Waals surface area (Å²) in [4.78, 5) is 0. The summed E-state index contributed by atoms with van der Waals surface area (Å²) in [5.74, 6) is 0.0177. The summed E-state index contributed by atoms with van der Waals surface area (Å²) >= 11 is 3.24. The normalized spacial score (nSPS) is 20.7. The summed E-state index contributed by atoms with van der Waals surface area (Å²) in [5, 5.41) is 9.53. The van der Waals surface area contributed by atoms with Crippen molar-refractivity contribution in [2.45, 2.75) is 12.5 Å².